The fourth-order valence-corrected chi connectivity index (χ4v) is 2.82. The van der Waals surface area contributed by atoms with Crippen LogP contribution in [0.25, 0.3) is 0 Å². The van der Waals surface area contributed by atoms with Crippen molar-refractivity contribution in [1.82, 2.24) is 4.90 Å². The van der Waals surface area contributed by atoms with E-state index in [1.807, 2.05) is 0 Å². The Kier molecular flexibility index (Phi) is 10.8. The second-order valence-corrected chi connectivity index (χ2v) is 7.27. The van der Waals surface area contributed by atoms with Gasteiger partial charge in [-0.25, -0.2) is 0 Å². The van der Waals surface area contributed by atoms with Crippen LogP contribution >= 0.6 is 0 Å². The summed E-state index contributed by atoms with van der Waals surface area (Å²) in [6.07, 6.45) is 4.31. The molecule has 0 heterocycles. The lowest BCUT2D eigenvalue weighted by Gasteiger charge is -2.34. The number of carbonyl (C=O) groups is 1. The largest absolute Gasteiger partial charge is 0.464 e. The first-order valence-electron chi connectivity index (χ1n) is 9.21. The molecule has 22 heavy (non-hydrogen) atoms. The van der Waals surface area contributed by atoms with Gasteiger partial charge in [-0.05, 0) is 51.1 Å². The Morgan fingerprint density at radius 1 is 1.05 bits per heavy atom. The van der Waals surface area contributed by atoms with Crippen molar-refractivity contribution in [2.24, 2.45) is 17.3 Å². The van der Waals surface area contributed by atoms with E-state index in [1.54, 1.807) is 0 Å². The molecule has 0 fully saturated rings. The molecule has 0 aromatic carbocycles. The van der Waals surface area contributed by atoms with Gasteiger partial charge in [-0.2, -0.15) is 0 Å². The Morgan fingerprint density at radius 3 is 2.00 bits per heavy atom. The van der Waals surface area contributed by atoms with Crippen molar-refractivity contribution in [1.29, 1.82) is 0 Å². The molecule has 2 unspecified atom stereocenters. The Hall–Kier alpha value is -0.570. The van der Waals surface area contributed by atoms with Crippen molar-refractivity contribution in [2.45, 2.75) is 74.1 Å². The van der Waals surface area contributed by atoms with Gasteiger partial charge in [0.1, 0.15) is 6.61 Å². The lowest BCUT2D eigenvalue weighted by molar-refractivity contribution is -0.159. The van der Waals surface area contributed by atoms with E-state index in [0.717, 1.165) is 45.3 Å². The van der Waals surface area contributed by atoms with E-state index >= 15 is 0 Å². The molecular weight excluding hydrogens is 274 g/mol. The van der Waals surface area contributed by atoms with E-state index in [4.69, 9.17) is 4.74 Å². The molecule has 0 radical (unpaired) electrons. The number of hydrogen-bond acceptors (Lipinski definition) is 3. The van der Waals surface area contributed by atoms with Gasteiger partial charge >= 0.3 is 5.97 Å². The highest BCUT2D eigenvalue weighted by atomic mass is 16.5. The van der Waals surface area contributed by atoms with Gasteiger partial charge in [0.15, 0.2) is 0 Å². The summed E-state index contributed by atoms with van der Waals surface area (Å²) in [7, 11) is 0. The Balaban J connectivity index is 4.51. The van der Waals surface area contributed by atoms with Crippen molar-refractivity contribution < 1.29 is 9.53 Å². The zero-order valence-electron chi connectivity index (χ0n) is 16.1. The maximum Gasteiger partial charge on any atom is 0.312 e. The molecular formula is C19H39NO2. The van der Waals surface area contributed by atoms with Gasteiger partial charge in [0.2, 0.25) is 0 Å². The van der Waals surface area contributed by atoms with Gasteiger partial charge < -0.3 is 4.74 Å². The quantitative estimate of drug-likeness (QED) is 0.487. The smallest absolute Gasteiger partial charge is 0.312 e. The van der Waals surface area contributed by atoms with Crippen LogP contribution in [-0.2, 0) is 9.53 Å². The molecule has 0 saturated carbocycles. The molecule has 0 rings (SSSR count). The molecule has 0 aromatic heterocycles. The molecule has 3 heteroatoms. The van der Waals surface area contributed by atoms with Crippen LogP contribution in [-0.4, -0.2) is 37.1 Å². The minimum absolute atomic E-state index is 0.0178. The molecule has 0 aromatic rings. The molecule has 3 nitrogen and oxygen atoms in total. The van der Waals surface area contributed by atoms with Gasteiger partial charge in [-0.1, -0.05) is 48.0 Å². The first kappa shape index (κ1) is 21.4. The molecule has 0 aliphatic heterocycles. The number of rotatable bonds is 12. The summed E-state index contributed by atoms with van der Waals surface area (Å²) in [5, 5.41) is 0. The minimum atomic E-state index is -0.365. The third-order valence-corrected chi connectivity index (χ3v) is 4.93. The normalized spacial score (nSPS) is 15.9. The summed E-state index contributed by atoms with van der Waals surface area (Å²) in [6, 6.07) is 0. The van der Waals surface area contributed by atoms with E-state index in [9.17, 15) is 4.79 Å². The lowest BCUT2D eigenvalue weighted by Crippen LogP contribution is -2.38. The van der Waals surface area contributed by atoms with Crippen LogP contribution < -0.4 is 0 Å². The number of ether oxygens (including phenoxy) is 1. The Labute approximate surface area is 138 Å². The molecule has 2 atom stereocenters. The molecule has 0 amide bonds. The minimum Gasteiger partial charge on any atom is -0.464 e. The SMILES string of the molecule is CCCN(CCC)CCOC(=O)C(C)(CC(C)CC)C(C)C. The fourth-order valence-electron chi connectivity index (χ4n) is 2.82. The van der Waals surface area contributed by atoms with Crippen LogP contribution in [0.15, 0.2) is 0 Å². The van der Waals surface area contributed by atoms with Crippen LogP contribution in [0, 0.1) is 17.3 Å². The first-order valence-corrected chi connectivity index (χ1v) is 9.21. The zero-order valence-corrected chi connectivity index (χ0v) is 16.1. The maximum atomic E-state index is 12.6. The van der Waals surface area contributed by atoms with Gasteiger partial charge in [-0.3, -0.25) is 9.69 Å². The van der Waals surface area contributed by atoms with Gasteiger partial charge in [-0.15, -0.1) is 0 Å². The monoisotopic (exact) mass is 313 g/mol. The maximum absolute atomic E-state index is 12.6. The number of nitrogens with zero attached hydrogens (tertiary/aromatic N) is 1. The highest BCUT2D eigenvalue weighted by Crippen LogP contribution is 2.36. The highest BCUT2D eigenvalue weighted by Gasteiger charge is 2.39. The van der Waals surface area contributed by atoms with Crippen molar-refractivity contribution >= 4 is 5.97 Å². The zero-order chi connectivity index (χ0) is 17.2. The summed E-state index contributed by atoms with van der Waals surface area (Å²) in [6.45, 7) is 18.7. The van der Waals surface area contributed by atoms with Gasteiger partial charge in [0, 0.05) is 6.54 Å². The summed E-state index contributed by atoms with van der Waals surface area (Å²) < 4.78 is 5.66. The van der Waals surface area contributed by atoms with Crippen LogP contribution in [0.3, 0.4) is 0 Å². The summed E-state index contributed by atoms with van der Waals surface area (Å²) in [5.74, 6) is 0.837. The van der Waals surface area contributed by atoms with Crippen LogP contribution in [0.4, 0.5) is 0 Å². The van der Waals surface area contributed by atoms with Crippen molar-refractivity contribution in [3.05, 3.63) is 0 Å². The van der Waals surface area contributed by atoms with Crippen LogP contribution in [0.5, 0.6) is 0 Å². The third kappa shape index (κ3) is 7.13. The lowest BCUT2D eigenvalue weighted by atomic mass is 9.72. The fraction of sp³-hybridized carbons (Fsp3) is 0.947. The summed E-state index contributed by atoms with van der Waals surface area (Å²) in [4.78, 5) is 15.0. The number of hydrogen-bond donors (Lipinski definition) is 0. The van der Waals surface area contributed by atoms with Crippen molar-refractivity contribution in [2.75, 3.05) is 26.2 Å². The first-order chi connectivity index (χ1) is 10.3. The van der Waals surface area contributed by atoms with E-state index in [0.29, 0.717) is 18.4 Å². The molecule has 0 saturated heterocycles. The van der Waals surface area contributed by atoms with Crippen molar-refractivity contribution in [3.8, 4) is 0 Å². The standard InChI is InChI=1S/C19H39NO2/c1-8-11-20(12-9-2)13-14-22-18(21)19(7,16(4)5)15-17(6)10-3/h16-17H,8-15H2,1-7H3. The average molecular weight is 314 g/mol. The van der Waals surface area contributed by atoms with E-state index in [-0.39, 0.29) is 11.4 Å². The average Bonchev–Trinajstić information content (AvgIpc) is 2.46. The van der Waals surface area contributed by atoms with Crippen molar-refractivity contribution in [3.63, 3.8) is 0 Å². The third-order valence-electron chi connectivity index (χ3n) is 4.93. The molecule has 0 aliphatic carbocycles. The Morgan fingerprint density at radius 2 is 1.59 bits per heavy atom. The number of carbonyl (C=O) groups excluding carboxylic acids is 1. The molecule has 0 N–H and O–H groups in total. The summed E-state index contributed by atoms with van der Waals surface area (Å²) in [5.41, 5.74) is -0.365. The second kappa shape index (κ2) is 11.0. The van der Waals surface area contributed by atoms with E-state index in [1.165, 1.54) is 0 Å². The molecule has 0 spiro atoms. The van der Waals surface area contributed by atoms with Gasteiger partial charge in [0.25, 0.3) is 0 Å². The van der Waals surface area contributed by atoms with Crippen LogP contribution in [0.1, 0.15) is 74.1 Å². The van der Waals surface area contributed by atoms with Crippen LogP contribution in [0.2, 0.25) is 0 Å². The predicted molar refractivity (Wildman–Crippen MR) is 95.0 cm³/mol. The molecule has 132 valence electrons. The second-order valence-electron chi connectivity index (χ2n) is 7.27. The topological polar surface area (TPSA) is 29.5 Å². The molecule has 0 bridgehead atoms. The highest BCUT2D eigenvalue weighted by molar-refractivity contribution is 5.76. The summed E-state index contributed by atoms with van der Waals surface area (Å²) >= 11 is 0. The van der Waals surface area contributed by atoms with Gasteiger partial charge in [0.05, 0.1) is 5.41 Å². The number of esters is 1. The Bertz CT molecular complexity index is 298. The van der Waals surface area contributed by atoms with E-state index in [2.05, 4.69) is 53.4 Å². The molecule has 0 aliphatic rings. The predicted octanol–water partition coefficient (Wildman–Crippen LogP) is 4.75. The van der Waals surface area contributed by atoms with E-state index < -0.39 is 0 Å².